The maximum absolute atomic E-state index is 12.2. The van der Waals surface area contributed by atoms with Crippen molar-refractivity contribution in [2.24, 2.45) is 5.92 Å². The van der Waals surface area contributed by atoms with Gasteiger partial charge in [-0.15, -0.1) is 11.3 Å². The highest BCUT2D eigenvalue weighted by Crippen LogP contribution is 2.32. The van der Waals surface area contributed by atoms with Gasteiger partial charge in [0.05, 0.1) is 10.9 Å². The summed E-state index contributed by atoms with van der Waals surface area (Å²) in [4.78, 5) is 11.7. The highest BCUT2D eigenvalue weighted by Gasteiger charge is 2.24. The van der Waals surface area contributed by atoms with Gasteiger partial charge in [-0.25, -0.2) is 17.9 Å². The van der Waals surface area contributed by atoms with E-state index in [4.69, 9.17) is 0 Å². The van der Waals surface area contributed by atoms with Crippen molar-refractivity contribution in [2.45, 2.75) is 31.6 Å². The number of halogens is 1. The van der Waals surface area contributed by atoms with Crippen molar-refractivity contribution in [3.63, 3.8) is 0 Å². The van der Waals surface area contributed by atoms with Crippen LogP contribution in [0.4, 0.5) is 0 Å². The highest BCUT2D eigenvalue weighted by atomic mass is 79.9. The van der Waals surface area contributed by atoms with E-state index in [1.807, 2.05) is 13.8 Å². The second kappa shape index (κ2) is 7.53. The number of ether oxygens (including phenoxy) is 1. The third kappa shape index (κ3) is 4.28. The van der Waals surface area contributed by atoms with Gasteiger partial charge in [-0.05, 0) is 27.9 Å². The van der Waals surface area contributed by atoms with Crippen molar-refractivity contribution in [3.8, 4) is 0 Å². The molecule has 1 rings (SSSR count). The molecule has 0 radical (unpaired) electrons. The Morgan fingerprint density at radius 1 is 1.45 bits per heavy atom. The average Bonchev–Trinajstić information content (AvgIpc) is 2.82. The average molecular weight is 384 g/mol. The molecule has 8 heteroatoms. The Labute approximate surface area is 131 Å². The van der Waals surface area contributed by atoms with Crippen LogP contribution in [-0.4, -0.2) is 28.0 Å². The van der Waals surface area contributed by atoms with Crippen molar-refractivity contribution in [1.82, 2.24) is 4.72 Å². The molecule has 5 nitrogen and oxygen atoms in total. The predicted molar refractivity (Wildman–Crippen MR) is 82.6 cm³/mol. The van der Waals surface area contributed by atoms with Crippen molar-refractivity contribution in [3.05, 3.63) is 14.7 Å². The Bertz CT molecular complexity index is 564. The van der Waals surface area contributed by atoms with Crippen molar-refractivity contribution in [1.29, 1.82) is 0 Å². The fourth-order valence-electron chi connectivity index (χ4n) is 1.62. The van der Waals surface area contributed by atoms with Crippen LogP contribution in [0, 0.1) is 5.92 Å². The summed E-state index contributed by atoms with van der Waals surface area (Å²) in [6.07, 6.45) is 1.83. The second-order valence-corrected chi connectivity index (χ2v) is 8.38. The highest BCUT2D eigenvalue weighted by molar-refractivity contribution is 9.11. The van der Waals surface area contributed by atoms with Crippen LogP contribution >= 0.6 is 27.3 Å². The zero-order valence-corrected chi connectivity index (χ0v) is 14.8. The van der Waals surface area contributed by atoms with E-state index < -0.39 is 16.0 Å². The van der Waals surface area contributed by atoms with Crippen LogP contribution in [-0.2, 0) is 14.8 Å². The standard InChI is InChI=1S/C12H18BrNO4S2/c1-4-8(5-2)7-14-20(16,17)10-6-9(12(15)18-3)19-11(10)13/h6,8,14H,4-5,7H2,1-3H3. The summed E-state index contributed by atoms with van der Waals surface area (Å²) in [5.41, 5.74) is 0. The molecule has 0 amide bonds. The lowest BCUT2D eigenvalue weighted by Gasteiger charge is -2.13. The smallest absolute Gasteiger partial charge is 0.348 e. The number of hydrogen-bond acceptors (Lipinski definition) is 5. The van der Waals surface area contributed by atoms with Gasteiger partial charge < -0.3 is 4.74 Å². The third-order valence-electron chi connectivity index (χ3n) is 3.05. The maximum atomic E-state index is 12.2. The number of hydrogen-bond donors (Lipinski definition) is 1. The number of rotatable bonds is 7. The zero-order valence-electron chi connectivity index (χ0n) is 11.6. The molecule has 1 N–H and O–H groups in total. The van der Waals surface area contributed by atoms with E-state index in [2.05, 4.69) is 25.4 Å². The number of esters is 1. The summed E-state index contributed by atoms with van der Waals surface area (Å²) in [6.45, 7) is 4.45. The minimum atomic E-state index is -3.62. The van der Waals surface area contributed by atoms with Gasteiger partial charge in [0.1, 0.15) is 9.77 Å². The van der Waals surface area contributed by atoms with Crippen molar-refractivity contribution >= 4 is 43.3 Å². The summed E-state index contributed by atoms with van der Waals surface area (Å²) in [7, 11) is -2.36. The molecule has 0 aliphatic heterocycles. The van der Waals surface area contributed by atoms with Gasteiger partial charge >= 0.3 is 5.97 Å². The van der Waals surface area contributed by atoms with E-state index in [1.165, 1.54) is 13.2 Å². The number of carbonyl (C=O) groups excluding carboxylic acids is 1. The van der Waals surface area contributed by atoms with Crippen LogP contribution in [0.15, 0.2) is 14.7 Å². The molecule has 0 saturated heterocycles. The molecule has 1 aromatic rings. The summed E-state index contributed by atoms with van der Waals surface area (Å²) < 4.78 is 32.0. The Kier molecular flexibility index (Phi) is 6.63. The number of carbonyl (C=O) groups is 1. The minimum absolute atomic E-state index is 0.0776. The lowest BCUT2D eigenvalue weighted by Crippen LogP contribution is -2.29. The van der Waals surface area contributed by atoms with E-state index in [0.717, 1.165) is 24.2 Å². The van der Waals surface area contributed by atoms with Crippen LogP contribution in [0.5, 0.6) is 0 Å². The lowest BCUT2D eigenvalue weighted by atomic mass is 10.0. The molecule has 0 bridgehead atoms. The summed E-state index contributed by atoms with van der Waals surface area (Å²) in [6, 6.07) is 1.33. The number of methoxy groups -OCH3 is 1. The van der Waals surface area contributed by atoms with Crippen LogP contribution in [0.1, 0.15) is 36.4 Å². The molecule has 114 valence electrons. The van der Waals surface area contributed by atoms with Crippen LogP contribution < -0.4 is 4.72 Å². The van der Waals surface area contributed by atoms with E-state index in [-0.39, 0.29) is 9.77 Å². The summed E-state index contributed by atoms with van der Waals surface area (Å²) >= 11 is 4.23. The van der Waals surface area contributed by atoms with E-state index in [0.29, 0.717) is 16.2 Å². The maximum Gasteiger partial charge on any atom is 0.348 e. The molecule has 0 atom stereocenters. The monoisotopic (exact) mass is 383 g/mol. The van der Waals surface area contributed by atoms with E-state index in [9.17, 15) is 13.2 Å². The van der Waals surface area contributed by atoms with Gasteiger partial charge in [0.25, 0.3) is 0 Å². The fraction of sp³-hybridized carbons (Fsp3) is 0.583. The van der Waals surface area contributed by atoms with E-state index >= 15 is 0 Å². The Morgan fingerprint density at radius 3 is 2.55 bits per heavy atom. The molecule has 0 saturated carbocycles. The topological polar surface area (TPSA) is 72.5 Å². The summed E-state index contributed by atoms with van der Waals surface area (Å²) in [5, 5.41) is 0. The second-order valence-electron chi connectivity index (χ2n) is 4.27. The largest absolute Gasteiger partial charge is 0.465 e. The Hall–Kier alpha value is -0.440. The molecular formula is C12H18BrNO4S2. The Morgan fingerprint density at radius 2 is 2.05 bits per heavy atom. The quantitative estimate of drug-likeness (QED) is 0.734. The van der Waals surface area contributed by atoms with Crippen molar-refractivity contribution < 1.29 is 17.9 Å². The normalized spacial score (nSPS) is 11.8. The zero-order chi connectivity index (χ0) is 15.3. The lowest BCUT2D eigenvalue weighted by molar-refractivity contribution is 0.0606. The van der Waals surface area contributed by atoms with Gasteiger partial charge in [-0.2, -0.15) is 0 Å². The number of nitrogens with one attached hydrogen (secondary N) is 1. The van der Waals surface area contributed by atoms with Gasteiger partial charge in [-0.3, -0.25) is 0 Å². The fourth-order valence-corrected chi connectivity index (χ4v) is 5.22. The Balaban J connectivity index is 2.93. The van der Waals surface area contributed by atoms with Gasteiger partial charge in [0.15, 0.2) is 0 Å². The number of thiophene rings is 1. The first kappa shape index (κ1) is 17.6. The van der Waals surface area contributed by atoms with Crippen LogP contribution in [0.3, 0.4) is 0 Å². The first-order chi connectivity index (χ1) is 9.35. The van der Waals surface area contributed by atoms with Crippen LogP contribution in [0.25, 0.3) is 0 Å². The summed E-state index contributed by atoms with van der Waals surface area (Å²) in [5.74, 6) is -0.237. The molecule has 0 aromatic carbocycles. The SMILES string of the molecule is CCC(CC)CNS(=O)(=O)c1cc(C(=O)OC)sc1Br. The molecule has 0 spiro atoms. The van der Waals surface area contributed by atoms with Gasteiger partial charge in [0.2, 0.25) is 10.0 Å². The first-order valence-electron chi connectivity index (χ1n) is 6.23. The van der Waals surface area contributed by atoms with Crippen molar-refractivity contribution in [2.75, 3.05) is 13.7 Å². The van der Waals surface area contributed by atoms with Gasteiger partial charge in [0, 0.05) is 6.54 Å². The molecule has 1 aromatic heterocycles. The van der Waals surface area contributed by atoms with Crippen LogP contribution in [0.2, 0.25) is 0 Å². The third-order valence-corrected chi connectivity index (χ3v) is 6.70. The molecule has 1 heterocycles. The molecule has 20 heavy (non-hydrogen) atoms. The molecule has 0 aliphatic carbocycles. The molecule has 0 aliphatic rings. The van der Waals surface area contributed by atoms with Gasteiger partial charge in [-0.1, -0.05) is 26.7 Å². The first-order valence-corrected chi connectivity index (χ1v) is 9.32. The molecular weight excluding hydrogens is 366 g/mol. The minimum Gasteiger partial charge on any atom is -0.465 e. The molecule has 0 fully saturated rings. The molecule has 0 unspecified atom stereocenters. The van der Waals surface area contributed by atoms with E-state index in [1.54, 1.807) is 0 Å². The predicted octanol–water partition coefficient (Wildman–Crippen LogP) is 3.01. The number of sulfonamides is 1.